The molecular formula is C24H33NO4. The van der Waals surface area contributed by atoms with Crippen molar-refractivity contribution in [2.45, 2.75) is 45.6 Å². The van der Waals surface area contributed by atoms with Crippen LogP contribution in [0, 0.1) is 0 Å². The summed E-state index contributed by atoms with van der Waals surface area (Å²) in [6.45, 7) is 5.64. The molecule has 29 heavy (non-hydrogen) atoms. The van der Waals surface area contributed by atoms with E-state index in [4.69, 9.17) is 9.47 Å². The molecule has 3 N–H and O–H groups in total. The third kappa shape index (κ3) is 7.72. The summed E-state index contributed by atoms with van der Waals surface area (Å²) >= 11 is 0. The van der Waals surface area contributed by atoms with Crippen molar-refractivity contribution in [1.82, 2.24) is 0 Å². The van der Waals surface area contributed by atoms with Gasteiger partial charge in [-0.05, 0) is 62.6 Å². The highest BCUT2D eigenvalue weighted by molar-refractivity contribution is 5.80. The average molecular weight is 400 g/mol. The van der Waals surface area contributed by atoms with E-state index in [1.807, 2.05) is 49.4 Å². The van der Waals surface area contributed by atoms with E-state index in [0.717, 1.165) is 23.1 Å². The minimum atomic E-state index is -0.407. The highest BCUT2D eigenvalue weighted by atomic mass is 16.6. The topological polar surface area (TPSA) is 81.8 Å². The maximum Gasteiger partial charge on any atom is 0.318 e. The molecule has 158 valence electrons. The Morgan fingerprint density at radius 2 is 1.76 bits per heavy atom. The fraction of sp³-hybridized carbons (Fsp3) is 0.375. The number of nitrogens with two attached hydrogens (primary N) is 1. The summed E-state index contributed by atoms with van der Waals surface area (Å²) in [7, 11) is 3.06. The molecule has 0 aliphatic heterocycles. The molecule has 2 aromatic rings. The van der Waals surface area contributed by atoms with Crippen LogP contribution >= 0.6 is 0 Å². The lowest BCUT2D eigenvalue weighted by molar-refractivity contribution is -0.135. The number of rotatable bonds is 8. The second-order valence-corrected chi connectivity index (χ2v) is 6.66. The Hall–Kier alpha value is -2.63. The summed E-state index contributed by atoms with van der Waals surface area (Å²) < 4.78 is 10.9. The number of hydrogen-bond acceptors (Lipinski definition) is 5. The van der Waals surface area contributed by atoms with Crippen LogP contribution in [-0.4, -0.2) is 31.3 Å². The number of aliphatic hydroxyl groups is 1. The Bertz CT molecular complexity index is 782. The quantitative estimate of drug-likeness (QED) is 0.510. The monoisotopic (exact) mass is 399 g/mol. The molecule has 0 saturated carbocycles. The number of benzene rings is 2. The van der Waals surface area contributed by atoms with Crippen LogP contribution in [0.1, 0.15) is 49.8 Å². The highest BCUT2D eigenvalue weighted by Gasteiger charge is 2.19. The van der Waals surface area contributed by atoms with Gasteiger partial charge in [0.15, 0.2) is 11.5 Å². The Morgan fingerprint density at radius 3 is 2.31 bits per heavy atom. The summed E-state index contributed by atoms with van der Waals surface area (Å²) in [5, 5.41) is 9.46. The number of methoxy groups -OCH3 is 1. The maximum atomic E-state index is 12.6. The van der Waals surface area contributed by atoms with E-state index in [2.05, 4.69) is 18.7 Å². The van der Waals surface area contributed by atoms with Gasteiger partial charge in [0.05, 0.1) is 19.1 Å². The van der Waals surface area contributed by atoms with Crippen molar-refractivity contribution in [3.63, 3.8) is 0 Å². The van der Waals surface area contributed by atoms with Gasteiger partial charge < -0.3 is 20.3 Å². The SMILES string of the molecule is CC/C=C/c1ccc(OC(=O)C(C)c2ccc(CC(C)O)cc2)c(OC)c1.CN. The molecule has 0 fully saturated rings. The van der Waals surface area contributed by atoms with Gasteiger partial charge in [-0.25, -0.2) is 0 Å². The Labute approximate surface area is 174 Å². The van der Waals surface area contributed by atoms with Gasteiger partial charge in [0, 0.05) is 0 Å². The molecule has 0 radical (unpaired) electrons. The third-order valence-corrected chi connectivity index (χ3v) is 4.31. The van der Waals surface area contributed by atoms with Crippen LogP contribution in [0.3, 0.4) is 0 Å². The maximum absolute atomic E-state index is 12.6. The van der Waals surface area contributed by atoms with Crippen LogP contribution in [0.4, 0.5) is 0 Å². The fourth-order valence-corrected chi connectivity index (χ4v) is 2.74. The number of carbonyl (C=O) groups is 1. The van der Waals surface area contributed by atoms with Gasteiger partial charge in [-0.2, -0.15) is 0 Å². The molecule has 0 aliphatic rings. The van der Waals surface area contributed by atoms with Gasteiger partial charge in [-0.1, -0.05) is 49.4 Å². The van der Waals surface area contributed by atoms with Crippen LogP contribution in [0.15, 0.2) is 48.5 Å². The molecule has 2 atom stereocenters. The lowest BCUT2D eigenvalue weighted by Crippen LogP contribution is -2.16. The third-order valence-electron chi connectivity index (χ3n) is 4.31. The van der Waals surface area contributed by atoms with Crippen molar-refractivity contribution in [1.29, 1.82) is 0 Å². The first-order valence-electron chi connectivity index (χ1n) is 9.85. The standard InChI is InChI=1S/C23H28O4.CH5N/c1-5-6-7-18-10-13-21(22(15-18)26-4)27-23(25)17(3)20-11-8-19(9-12-20)14-16(2)24;1-2/h6-13,15-17,24H,5,14H2,1-4H3;2H2,1H3/b7-6+;. The molecule has 0 aromatic heterocycles. The Balaban J connectivity index is 0.00000204. The largest absolute Gasteiger partial charge is 0.493 e. The fourth-order valence-electron chi connectivity index (χ4n) is 2.74. The van der Waals surface area contributed by atoms with Gasteiger partial charge >= 0.3 is 5.97 Å². The smallest absolute Gasteiger partial charge is 0.318 e. The molecule has 0 amide bonds. The lowest BCUT2D eigenvalue weighted by atomic mass is 9.98. The molecule has 0 aliphatic carbocycles. The first-order valence-corrected chi connectivity index (χ1v) is 9.85. The number of hydrogen-bond donors (Lipinski definition) is 2. The molecule has 2 unspecified atom stereocenters. The zero-order valence-electron chi connectivity index (χ0n) is 18.0. The number of esters is 1. The van der Waals surface area contributed by atoms with Gasteiger partial charge in [0.1, 0.15) is 0 Å². The second kappa shape index (κ2) is 12.8. The van der Waals surface area contributed by atoms with E-state index in [0.29, 0.717) is 17.9 Å². The first kappa shape index (κ1) is 24.4. The summed E-state index contributed by atoms with van der Waals surface area (Å²) in [5.41, 5.74) is 7.40. The van der Waals surface area contributed by atoms with E-state index >= 15 is 0 Å². The second-order valence-electron chi connectivity index (χ2n) is 6.66. The summed E-state index contributed by atoms with van der Waals surface area (Å²) in [4.78, 5) is 12.6. The molecule has 0 spiro atoms. The van der Waals surface area contributed by atoms with Crippen molar-refractivity contribution in [2.75, 3.05) is 14.2 Å². The number of allylic oxidation sites excluding steroid dienone is 1. The Morgan fingerprint density at radius 1 is 1.10 bits per heavy atom. The van der Waals surface area contributed by atoms with E-state index in [-0.39, 0.29) is 12.1 Å². The van der Waals surface area contributed by atoms with Gasteiger partial charge in [0.2, 0.25) is 0 Å². The summed E-state index contributed by atoms with van der Waals surface area (Å²) in [6, 6.07) is 13.2. The van der Waals surface area contributed by atoms with Crippen molar-refractivity contribution < 1.29 is 19.4 Å². The van der Waals surface area contributed by atoms with Gasteiger partial charge in [0.25, 0.3) is 0 Å². The zero-order chi connectivity index (χ0) is 21.8. The molecule has 0 heterocycles. The van der Waals surface area contributed by atoms with Crippen LogP contribution < -0.4 is 15.2 Å². The van der Waals surface area contributed by atoms with E-state index in [1.54, 1.807) is 20.1 Å². The predicted molar refractivity (Wildman–Crippen MR) is 118 cm³/mol. The van der Waals surface area contributed by atoms with Crippen molar-refractivity contribution in [3.8, 4) is 11.5 Å². The molecule has 5 nitrogen and oxygen atoms in total. The average Bonchev–Trinajstić information content (AvgIpc) is 2.74. The lowest BCUT2D eigenvalue weighted by Gasteiger charge is -2.14. The molecule has 2 rings (SSSR count). The zero-order valence-corrected chi connectivity index (χ0v) is 18.0. The predicted octanol–water partition coefficient (Wildman–Crippen LogP) is 4.33. The molecule has 5 heteroatoms. The Kier molecular flexibility index (Phi) is 10.7. The van der Waals surface area contributed by atoms with E-state index in [1.165, 1.54) is 7.05 Å². The minimum absolute atomic E-state index is 0.339. The number of aliphatic hydroxyl groups excluding tert-OH is 1. The molecule has 0 bridgehead atoms. The van der Waals surface area contributed by atoms with Crippen molar-refractivity contribution in [2.24, 2.45) is 5.73 Å². The van der Waals surface area contributed by atoms with Gasteiger partial charge in [-0.3, -0.25) is 4.79 Å². The number of carbonyl (C=O) groups excluding carboxylic acids is 1. The summed E-state index contributed by atoms with van der Waals surface area (Å²) in [5.74, 6) is 0.193. The highest BCUT2D eigenvalue weighted by Crippen LogP contribution is 2.30. The normalized spacial score (nSPS) is 12.7. The van der Waals surface area contributed by atoms with Gasteiger partial charge in [-0.15, -0.1) is 0 Å². The molecule has 0 saturated heterocycles. The van der Waals surface area contributed by atoms with Crippen LogP contribution in [0.25, 0.3) is 6.08 Å². The first-order chi connectivity index (χ1) is 13.9. The van der Waals surface area contributed by atoms with E-state index in [9.17, 15) is 9.90 Å². The van der Waals surface area contributed by atoms with Crippen LogP contribution in [0.2, 0.25) is 0 Å². The van der Waals surface area contributed by atoms with E-state index < -0.39 is 5.92 Å². The van der Waals surface area contributed by atoms with Crippen molar-refractivity contribution in [3.05, 3.63) is 65.2 Å². The summed E-state index contributed by atoms with van der Waals surface area (Å²) in [6.07, 6.45) is 5.22. The van der Waals surface area contributed by atoms with Crippen molar-refractivity contribution >= 4 is 12.0 Å². The molecular weight excluding hydrogens is 366 g/mol. The molecule has 2 aromatic carbocycles. The number of ether oxygens (including phenoxy) is 2. The van der Waals surface area contributed by atoms with Crippen LogP contribution in [-0.2, 0) is 11.2 Å². The minimum Gasteiger partial charge on any atom is -0.493 e. The van der Waals surface area contributed by atoms with Crippen LogP contribution in [0.5, 0.6) is 11.5 Å².